The lowest BCUT2D eigenvalue weighted by atomic mass is 9.87. The van der Waals surface area contributed by atoms with E-state index in [4.69, 9.17) is 23.1 Å². The Balaban J connectivity index is 1.70. The lowest BCUT2D eigenvalue weighted by Gasteiger charge is -2.39. The van der Waals surface area contributed by atoms with Gasteiger partial charge in [-0.25, -0.2) is 4.21 Å². The van der Waals surface area contributed by atoms with Crippen molar-refractivity contribution in [3.05, 3.63) is 41.2 Å². The fraction of sp³-hybridized carbons (Fsp3) is 0.368. The number of carbonyl (C=O) groups is 1. The Hall–Kier alpha value is -2.16. The molecule has 7 nitrogen and oxygen atoms in total. The normalized spacial score (nSPS) is 20.9. The molecule has 4 N–H and O–H groups in total. The quantitative estimate of drug-likeness (QED) is 0.789. The molecule has 28 heavy (non-hydrogen) atoms. The maximum Gasteiger partial charge on any atom is 0.237 e. The van der Waals surface area contributed by atoms with Crippen LogP contribution in [0.1, 0.15) is 18.4 Å². The first-order valence-corrected chi connectivity index (χ1v) is 10.7. The second kappa shape index (κ2) is 7.02. The molecular formula is C19H22ClN5O2S. The van der Waals surface area contributed by atoms with Gasteiger partial charge in [0, 0.05) is 38.1 Å². The first kappa shape index (κ1) is 19.2. The van der Waals surface area contributed by atoms with Crippen LogP contribution in [-0.4, -0.2) is 40.8 Å². The summed E-state index contributed by atoms with van der Waals surface area (Å²) in [6.45, 7) is 1.15. The Morgan fingerprint density at radius 2 is 2.00 bits per heavy atom. The largest absolute Gasteiger partial charge is 0.370 e. The predicted octanol–water partition coefficient (Wildman–Crippen LogP) is 1.80. The maximum atomic E-state index is 12.1. The fourth-order valence-corrected chi connectivity index (χ4v) is 5.22. The molecule has 3 heterocycles. The van der Waals surface area contributed by atoms with Crippen LogP contribution in [0.2, 0.25) is 5.02 Å². The Bertz CT molecular complexity index is 975. The number of halogens is 1. The topological polar surface area (TPSA) is 106 Å². The molecule has 4 rings (SSSR count). The zero-order valence-electron chi connectivity index (χ0n) is 15.5. The van der Waals surface area contributed by atoms with E-state index in [-0.39, 0.29) is 0 Å². The summed E-state index contributed by atoms with van der Waals surface area (Å²) >= 11 is 6.53. The molecule has 0 bridgehead atoms. The molecule has 0 saturated carbocycles. The van der Waals surface area contributed by atoms with Crippen LogP contribution < -0.4 is 20.7 Å². The van der Waals surface area contributed by atoms with Crippen molar-refractivity contribution in [2.24, 2.45) is 11.5 Å². The number of nitrogens with zero attached hydrogens (tertiary/aromatic N) is 3. The summed E-state index contributed by atoms with van der Waals surface area (Å²) in [6.07, 6.45) is 4.34. The van der Waals surface area contributed by atoms with Crippen molar-refractivity contribution in [1.29, 1.82) is 0 Å². The van der Waals surface area contributed by atoms with Gasteiger partial charge in [0.1, 0.15) is 11.0 Å². The van der Waals surface area contributed by atoms with E-state index >= 15 is 0 Å². The van der Waals surface area contributed by atoms with Crippen molar-refractivity contribution < 1.29 is 9.00 Å². The number of piperidine rings is 1. The summed E-state index contributed by atoms with van der Waals surface area (Å²) in [4.78, 5) is 18.0. The Labute approximate surface area is 171 Å². The molecule has 0 spiro atoms. The SMILES string of the molecule is CN1c2ccc(-c3cncc(Cl)c3N3CCC(N)(C(N)=O)CC3)cc2CS1=O. The van der Waals surface area contributed by atoms with Gasteiger partial charge in [0.05, 0.1) is 27.7 Å². The number of pyridine rings is 1. The molecule has 9 heteroatoms. The van der Waals surface area contributed by atoms with E-state index < -0.39 is 22.4 Å². The average molecular weight is 420 g/mol. The van der Waals surface area contributed by atoms with Gasteiger partial charge in [0.25, 0.3) is 0 Å². The second-order valence-electron chi connectivity index (χ2n) is 7.33. The number of fused-ring (bicyclic) bond motifs is 1. The van der Waals surface area contributed by atoms with Crippen LogP contribution in [0, 0.1) is 0 Å². The first-order chi connectivity index (χ1) is 13.3. The highest BCUT2D eigenvalue weighted by molar-refractivity contribution is 7.86. The van der Waals surface area contributed by atoms with Crippen LogP contribution in [0.25, 0.3) is 11.1 Å². The third-order valence-corrected chi connectivity index (χ3v) is 7.29. The zero-order chi connectivity index (χ0) is 20.1. The summed E-state index contributed by atoms with van der Waals surface area (Å²) in [5.74, 6) is 0.0324. The van der Waals surface area contributed by atoms with E-state index in [1.165, 1.54) is 0 Å². The van der Waals surface area contributed by atoms with Gasteiger partial charge in [-0.05, 0) is 36.1 Å². The van der Waals surface area contributed by atoms with Gasteiger partial charge in [0.15, 0.2) is 0 Å². The van der Waals surface area contributed by atoms with E-state index in [0.717, 1.165) is 28.1 Å². The maximum absolute atomic E-state index is 12.1. The number of aromatic nitrogens is 1. The highest BCUT2D eigenvalue weighted by Crippen LogP contribution is 2.40. The summed E-state index contributed by atoms with van der Waals surface area (Å²) in [7, 11) is 0.800. The van der Waals surface area contributed by atoms with Gasteiger partial charge in [-0.1, -0.05) is 17.7 Å². The highest BCUT2D eigenvalue weighted by atomic mass is 35.5. The number of nitrogens with two attached hydrogens (primary N) is 2. The van der Waals surface area contributed by atoms with Crippen molar-refractivity contribution in [1.82, 2.24) is 4.98 Å². The zero-order valence-corrected chi connectivity index (χ0v) is 17.1. The standard InChI is InChI=1S/C19H22ClN5O2S/c1-24-16-3-2-12(8-13(16)11-28(24)27)14-9-23-10-15(20)17(14)25-6-4-19(22,5-7-25)18(21)26/h2-3,8-10H,4-7,11,22H2,1H3,(H2,21,26). The first-order valence-electron chi connectivity index (χ1n) is 9.03. The predicted molar refractivity (Wildman–Crippen MR) is 112 cm³/mol. The highest BCUT2D eigenvalue weighted by Gasteiger charge is 2.37. The van der Waals surface area contributed by atoms with Crippen LogP contribution in [0.15, 0.2) is 30.6 Å². The lowest BCUT2D eigenvalue weighted by Crippen LogP contribution is -2.58. The van der Waals surface area contributed by atoms with Crippen LogP contribution in [0.3, 0.4) is 0 Å². The molecule has 148 valence electrons. The minimum absolute atomic E-state index is 0.467. The van der Waals surface area contributed by atoms with Gasteiger partial charge < -0.3 is 16.4 Å². The minimum atomic E-state index is -1.03. The molecule has 1 unspecified atom stereocenters. The summed E-state index contributed by atoms with van der Waals surface area (Å²) in [5.41, 5.74) is 15.4. The molecule has 1 atom stereocenters. The van der Waals surface area contributed by atoms with Gasteiger partial charge in [0.2, 0.25) is 5.91 Å². The Morgan fingerprint density at radius 3 is 2.68 bits per heavy atom. The van der Waals surface area contributed by atoms with E-state index in [1.54, 1.807) is 16.7 Å². The number of rotatable bonds is 3. The van der Waals surface area contributed by atoms with Gasteiger partial charge in [-0.3, -0.25) is 14.1 Å². The molecule has 2 aliphatic heterocycles. The minimum Gasteiger partial charge on any atom is -0.370 e. The monoisotopic (exact) mass is 419 g/mol. The molecular weight excluding hydrogens is 398 g/mol. The number of amides is 1. The second-order valence-corrected chi connectivity index (χ2v) is 9.22. The Morgan fingerprint density at radius 1 is 1.29 bits per heavy atom. The summed E-state index contributed by atoms with van der Waals surface area (Å²) in [5, 5.41) is 0.544. The Kier molecular flexibility index (Phi) is 4.81. The average Bonchev–Trinajstić information content (AvgIpc) is 2.96. The molecule has 1 fully saturated rings. The van der Waals surface area contributed by atoms with E-state index in [9.17, 15) is 9.00 Å². The number of carbonyl (C=O) groups excluding carboxylic acids is 1. The van der Waals surface area contributed by atoms with Gasteiger partial charge in [-0.15, -0.1) is 0 Å². The van der Waals surface area contributed by atoms with E-state index in [1.807, 2.05) is 25.2 Å². The molecule has 2 aromatic rings. The number of benzene rings is 1. The van der Waals surface area contributed by atoms with E-state index in [2.05, 4.69) is 9.88 Å². The number of hydrogen-bond acceptors (Lipinski definition) is 5. The van der Waals surface area contributed by atoms with E-state index in [0.29, 0.717) is 36.7 Å². The molecule has 1 aromatic heterocycles. The smallest absolute Gasteiger partial charge is 0.237 e. The van der Waals surface area contributed by atoms with Crippen LogP contribution in [0.4, 0.5) is 11.4 Å². The summed E-state index contributed by atoms with van der Waals surface area (Å²) in [6, 6.07) is 6.03. The fourth-order valence-electron chi connectivity index (χ4n) is 3.85. The van der Waals surface area contributed by atoms with Gasteiger partial charge >= 0.3 is 0 Å². The van der Waals surface area contributed by atoms with Crippen molar-refractivity contribution in [2.75, 3.05) is 29.3 Å². The number of hydrogen-bond donors (Lipinski definition) is 2. The summed E-state index contributed by atoms with van der Waals surface area (Å²) < 4.78 is 13.9. The third-order valence-electron chi connectivity index (χ3n) is 5.65. The molecule has 0 radical (unpaired) electrons. The lowest BCUT2D eigenvalue weighted by molar-refractivity contribution is -0.123. The van der Waals surface area contributed by atoms with Crippen molar-refractivity contribution in [2.45, 2.75) is 24.1 Å². The van der Waals surface area contributed by atoms with Crippen molar-refractivity contribution >= 4 is 39.9 Å². The van der Waals surface area contributed by atoms with Crippen LogP contribution in [0.5, 0.6) is 0 Å². The van der Waals surface area contributed by atoms with Crippen molar-refractivity contribution in [3.63, 3.8) is 0 Å². The van der Waals surface area contributed by atoms with Crippen LogP contribution >= 0.6 is 11.6 Å². The molecule has 1 saturated heterocycles. The molecule has 2 aliphatic rings. The molecule has 0 aliphatic carbocycles. The third kappa shape index (κ3) is 3.15. The van der Waals surface area contributed by atoms with Gasteiger partial charge in [-0.2, -0.15) is 0 Å². The molecule has 1 amide bonds. The van der Waals surface area contributed by atoms with Crippen molar-refractivity contribution in [3.8, 4) is 11.1 Å². The number of anilines is 2. The van der Waals surface area contributed by atoms with Crippen LogP contribution in [-0.2, 0) is 21.5 Å². The number of primary amides is 1. The molecule has 1 aromatic carbocycles.